The molecule has 2 unspecified atom stereocenters. The Kier molecular flexibility index (Phi) is 3.69. The van der Waals surface area contributed by atoms with Crippen LogP contribution in [0.5, 0.6) is 0 Å². The molecule has 1 amide bonds. The van der Waals surface area contributed by atoms with Gasteiger partial charge < -0.3 is 10.2 Å². The van der Waals surface area contributed by atoms with Crippen molar-refractivity contribution in [2.45, 2.75) is 32.4 Å². The Hall–Kier alpha value is -1.06. The van der Waals surface area contributed by atoms with Crippen molar-refractivity contribution in [3.63, 3.8) is 0 Å². The number of hydrogen-bond donors (Lipinski definition) is 1. The van der Waals surface area contributed by atoms with Gasteiger partial charge in [-0.2, -0.15) is 0 Å². The highest BCUT2D eigenvalue weighted by Gasteiger charge is 2.29. The van der Waals surface area contributed by atoms with Gasteiger partial charge in [0.15, 0.2) is 0 Å². The van der Waals surface area contributed by atoms with E-state index >= 15 is 0 Å². The zero-order chi connectivity index (χ0) is 12.4. The van der Waals surface area contributed by atoms with E-state index in [0.29, 0.717) is 5.02 Å². The van der Waals surface area contributed by atoms with Crippen LogP contribution in [0.1, 0.15) is 20.3 Å². The van der Waals surface area contributed by atoms with Crippen LogP contribution in [-0.2, 0) is 4.79 Å². The number of nitrogens with zero attached hydrogens (tertiary/aromatic N) is 1. The Balaban J connectivity index is 2.39. The summed E-state index contributed by atoms with van der Waals surface area (Å²) in [5.74, 6) is 0.0862. The molecule has 0 spiro atoms. The summed E-state index contributed by atoms with van der Waals surface area (Å²) >= 11 is 6.17. The summed E-state index contributed by atoms with van der Waals surface area (Å²) in [6, 6.07) is 7.51. The molecule has 4 heteroatoms. The van der Waals surface area contributed by atoms with E-state index in [-0.39, 0.29) is 18.0 Å². The third-order valence-corrected chi connectivity index (χ3v) is 3.49. The number of anilines is 1. The Morgan fingerprint density at radius 2 is 2.06 bits per heavy atom. The maximum absolute atomic E-state index is 12.3. The van der Waals surface area contributed by atoms with Crippen LogP contribution in [0, 0.1) is 0 Å². The number of hydrogen-bond acceptors (Lipinski definition) is 2. The molecular weight excluding hydrogens is 236 g/mol. The molecule has 1 N–H and O–H groups in total. The highest BCUT2D eigenvalue weighted by atomic mass is 35.5. The molecule has 2 rings (SSSR count). The SMILES string of the molecule is CC1NCCC(C)N(c2ccccc2Cl)C1=O. The largest absolute Gasteiger partial charge is 0.307 e. The summed E-state index contributed by atoms with van der Waals surface area (Å²) in [4.78, 5) is 14.1. The number of nitrogens with one attached hydrogen (secondary N) is 1. The number of carbonyl (C=O) groups excluding carboxylic acids is 1. The predicted octanol–water partition coefficient (Wildman–Crippen LogP) is 2.44. The van der Waals surface area contributed by atoms with Crippen LogP contribution in [0.25, 0.3) is 0 Å². The summed E-state index contributed by atoms with van der Waals surface area (Å²) < 4.78 is 0. The van der Waals surface area contributed by atoms with Gasteiger partial charge in [-0.1, -0.05) is 23.7 Å². The molecule has 0 radical (unpaired) electrons. The zero-order valence-electron chi connectivity index (χ0n) is 10.1. The van der Waals surface area contributed by atoms with E-state index in [1.165, 1.54) is 0 Å². The Morgan fingerprint density at radius 3 is 2.76 bits per heavy atom. The number of amides is 1. The van der Waals surface area contributed by atoms with Gasteiger partial charge in [0.25, 0.3) is 0 Å². The third kappa shape index (κ3) is 2.45. The number of carbonyl (C=O) groups is 1. The lowest BCUT2D eigenvalue weighted by molar-refractivity contribution is -0.120. The van der Waals surface area contributed by atoms with Crippen molar-refractivity contribution >= 4 is 23.2 Å². The standard InChI is InChI=1S/C13H17ClN2O/c1-9-7-8-15-10(2)13(17)16(9)12-6-4-3-5-11(12)14/h3-6,9-10,15H,7-8H2,1-2H3. The topological polar surface area (TPSA) is 32.3 Å². The number of benzene rings is 1. The van der Waals surface area contributed by atoms with Crippen molar-refractivity contribution in [3.05, 3.63) is 29.3 Å². The molecule has 1 heterocycles. The Labute approximate surface area is 107 Å². The first-order valence-corrected chi connectivity index (χ1v) is 6.30. The van der Waals surface area contributed by atoms with Gasteiger partial charge >= 0.3 is 0 Å². The highest BCUT2D eigenvalue weighted by molar-refractivity contribution is 6.33. The van der Waals surface area contributed by atoms with Gasteiger partial charge in [-0.25, -0.2) is 0 Å². The minimum Gasteiger partial charge on any atom is -0.307 e. The van der Waals surface area contributed by atoms with Crippen LogP contribution in [0.2, 0.25) is 5.02 Å². The second kappa shape index (κ2) is 5.07. The summed E-state index contributed by atoms with van der Waals surface area (Å²) in [5.41, 5.74) is 0.808. The van der Waals surface area contributed by atoms with E-state index < -0.39 is 0 Å². The van der Waals surface area contributed by atoms with Gasteiger partial charge in [0.1, 0.15) is 0 Å². The molecule has 17 heavy (non-hydrogen) atoms. The number of para-hydroxylation sites is 1. The lowest BCUT2D eigenvalue weighted by atomic mass is 10.1. The van der Waals surface area contributed by atoms with Crippen LogP contribution in [-0.4, -0.2) is 24.5 Å². The molecule has 1 aromatic rings. The van der Waals surface area contributed by atoms with Crippen molar-refractivity contribution in [1.29, 1.82) is 0 Å². The maximum Gasteiger partial charge on any atom is 0.244 e. The van der Waals surface area contributed by atoms with Gasteiger partial charge in [-0.15, -0.1) is 0 Å². The third-order valence-electron chi connectivity index (χ3n) is 3.17. The molecule has 1 aromatic carbocycles. The fourth-order valence-electron chi connectivity index (χ4n) is 2.15. The molecule has 2 atom stereocenters. The van der Waals surface area contributed by atoms with E-state index in [1.54, 1.807) is 0 Å². The molecule has 0 bridgehead atoms. The smallest absolute Gasteiger partial charge is 0.244 e. The second-order valence-electron chi connectivity index (χ2n) is 4.47. The van der Waals surface area contributed by atoms with Crippen LogP contribution in [0.15, 0.2) is 24.3 Å². The predicted molar refractivity (Wildman–Crippen MR) is 70.5 cm³/mol. The van der Waals surface area contributed by atoms with Gasteiger partial charge in [0.05, 0.1) is 16.8 Å². The van der Waals surface area contributed by atoms with E-state index in [1.807, 2.05) is 36.1 Å². The molecule has 1 aliphatic heterocycles. The minimum absolute atomic E-state index is 0.0862. The summed E-state index contributed by atoms with van der Waals surface area (Å²) in [5, 5.41) is 3.84. The molecular formula is C13H17ClN2O. The fraction of sp³-hybridized carbons (Fsp3) is 0.462. The normalized spacial score (nSPS) is 25.8. The van der Waals surface area contributed by atoms with Crippen molar-refractivity contribution in [3.8, 4) is 0 Å². The highest BCUT2D eigenvalue weighted by Crippen LogP contribution is 2.29. The van der Waals surface area contributed by atoms with Gasteiger partial charge in [-0.05, 0) is 38.9 Å². The molecule has 0 aromatic heterocycles. The van der Waals surface area contributed by atoms with E-state index in [0.717, 1.165) is 18.7 Å². The Bertz CT molecular complexity index is 422. The fourth-order valence-corrected chi connectivity index (χ4v) is 2.38. The van der Waals surface area contributed by atoms with E-state index in [4.69, 9.17) is 11.6 Å². The van der Waals surface area contributed by atoms with E-state index in [9.17, 15) is 4.79 Å². The summed E-state index contributed by atoms with van der Waals surface area (Å²) in [6.45, 7) is 4.81. The monoisotopic (exact) mass is 252 g/mol. The van der Waals surface area contributed by atoms with Gasteiger partial charge in [-0.3, -0.25) is 4.79 Å². The average molecular weight is 253 g/mol. The summed E-state index contributed by atoms with van der Waals surface area (Å²) in [7, 11) is 0. The minimum atomic E-state index is -0.156. The lowest BCUT2D eigenvalue weighted by Gasteiger charge is -2.29. The van der Waals surface area contributed by atoms with Crippen molar-refractivity contribution < 1.29 is 4.79 Å². The van der Waals surface area contributed by atoms with Gasteiger partial charge in [0.2, 0.25) is 5.91 Å². The molecule has 1 fully saturated rings. The average Bonchev–Trinajstić information content (AvgIpc) is 2.42. The molecule has 92 valence electrons. The van der Waals surface area contributed by atoms with E-state index in [2.05, 4.69) is 12.2 Å². The van der Waals surface area contributed by atoms with Crippen LogP contribution >= 0.6 is 11.6 Å². The molecule has 0 saturated carbocycles. The first-order chi connectivity index (χ1) is 8.11. The van der Waals surface area contributed by atoms with Crippen LogP contribution in [0.4, 0.5) is 5.69 Å². The quantitative estimate of drug-likeness (QED) is 0.833. The summed E-state index contributed by atoms with van der Waals surface area (Å²) in [6.07, 6.45) is 0.932. The molecule has 1 saturated heterocycles. The van der Waals surface area contributed by atoms with Crippen molar-refractivity contribution in [2.24, 2.45) is 0 Å². The van der Waals surface area contributed by atoms with Crippen molar-refractivity contribution in [2.75, 3.05) is 11.4 Å². The van der Waals surface area contributed by atoms with Crippen molar-refractivity contribution in [1.82, 2.24) is 5.32 Å². The second-order valence-corrected chi connectivity index (χ2v) is 4.88. The van der Waals surface area contributed by atoms with Crippen LogP contribution < -0.4 is 10.2 Å². The number of rotatable bonds is 1. The maximum atomic E-state index is 12.3. The zero-order valence-corrected chi connectivity index (χ0v) is 10.9. The number of halogens is 1. The Morgan fingerprint density at radius 1 is 1.35 bits per heavy atom. The molecule has 3 nitrogen and oxygen atoms in total. The molecule has 1 aliphatic rings. The lowest BCUT2D eigenvalue weighted by Crippen LogP contribution is -2.44. The van der Waals surface area contributed by atoms with Gasteiger partial charge in [0, 0.05) is 6.04 Å². The first-order valence-electron chi connectivity index (χ1n) is 5.92. The molecule has 0 aliphatic carbocycles. The van der Waals surface area contributed by atoms with Crippen LogP contribution in [0.3, 0.4) is 0 Å². The first kappa shape index (κ1) is 12.4.